The minimum absolute atomic E-state index is 0. The summed E-state index contributed by atoms with van der Waals surface area (Å²) in [5, 5.41) is 6.65. The van der Waals surface area contributed by atoms with Crippen molar-refractivity contribution in [2.75, 3.05) is 27.2 Å². The highest BCUT2D eigenvalue weighted by Crippen LogP contribution is 2.19. The highest BCUT2D eigenvalue weighted by Gasteiger charge is 2.04. The van der Waals surface area contributed by atoms with Gasteiger partial charge in [0.25, 0.3) is 0 Å². The van der Waals surface area contributed by atoms with E-state index in [1.54, 1.807) is 30.9 Å². The number of pyridine rings is 1. The van der Waals surface area contributed by atoms with E-state index in [0.29, 0.717) is 0 Å². The molecule has 0 amide bonds. The molecule has 0 saturated heterocycles. The third-order valence-corrected chi connectivity index (χ3v) is 4.36. The van der Waals surface area contributed by atoms with Gasteiger partial charge in [-0.3, -0.25) is 9.79 Å². The van der Waals surface area contributed by atoms with Crippen LogP contribution in [0.25, 0.3) is 0 Å². The molecule has 1 heterocycles. The topological polar surface area (TPSA) is 67.7 Å². The van der Waals surface area contributed by atoms with Crippen molar-refractivity contribution in [1.29, 1.82) is 0 Å². The molecule has 154 valence electrons. The SMILES string of the molecule is CN=C(NCCCCn1ccccc1=O)NCCc1cc(C)ccc1OC.I. The van der Waals surface area contributed by atoms with Crippen molar-refractivity contribution in [3.63, 3.8) is 0 Å². The van der Waals surface area contributed by atoms with Crippen LogP contribution in [-0.4, -0.2) is 37.8 Å². The number of nitrogens with zero attached hydrogens (tertiary/aromatic N) is 2. The summed E-state index contributed by atoms with van der Waals surface area (Å²) >= 11 is 0. The zero-order chi connectivity index (χ0) is 19.5. The number of hydrogen-bond acceptors (Lipinski definition) is 3. The Morgan fingerprint density at radius 1 is 1.14 bits per heavy atom. The fraction of sp³-hybridized carbons (Fsp3) is 0.429. The molecule has 0 aliphatic heterocycles. The van der Waals surface area contributed by atoms with E-state index in [-0.39, 0.29) is 29.5 Å². The van der Waals surface area contributed by atoms with E-state index in [2.05, 4.69) is 34.7 Å². The Bertz CT molecular complexity index is 805. The number of methoxy groups -OCH3 is 1. The first-order valence-electron chi connectivity index (χ1n) is 9.37. The molecule has 0 bridgehead atoms. The second-order valence-electron chi connectivity index (χ2n) is 6.43. The average Bonchev–Trinajstić information content (AvgIpc) is 2.68. The van der Waals surface area contributed by atoms with Gasteiger partial charge < -0.3 is 19.9 Å². The smallest absolute Gasteiger partial charge is 0.250 e. The van der Waals surface area contributed by atoms with Gasteiger partial charge >= 0.3 is 0 Å². The van der Waals surface area contributed by atoms with Gasteiger partial charge in [-0.1, -0.05) is 23.8 Å². The van der Waals surface area contributed by atoms with Gasteiger partial charge in [-0.2, -0.15) is 0 Å². The highest BCUT2D eigenvalue weighted by molar-refractivity contribution is 14.0. The lowest BCUT2D eigenvalue weighted by molar-refractivity contribution is 0.409. The Labute approximate surface area is 184 Å². The minimum atomic E-state index is 0. The summed E-state index contributed by atoms with van der Waals surface area (Å²) < 4.78 is 7.16. The van der Waals surface area contributed by atoms with Gasteiger partial charge in [0.05, 0.1) is 7.11 Å². The van der Waals surface area contributed by atoms with E-state index in [4.69, 9.17) is 4.74 Å². The van der Waals surface area contributed by atoms with Crippen molar-refractivity contribution in [3.05, 3.63) is 64.1 Å². The summed E-state index contributed by atoms with van der Waals surface area (Å²) in [5.41, 5.74) is 2.47. The lowest BCUT2D eigenvalue weighted by atomic mass is 10.1. The van der Waals surface area contributed by atoms with Gasteiger partial charge in [0.2, 0.25) is 5.56 Å². The minimum Gasteiger partial charge on any atom is -0.496 e. The van der Waals surface area contributed by atoms with Crippen LogP contribution in [0.15, 0.2) is 52.4 Å². The fourth-order valence-electron chi connectivity index (χ4n) is 2.90. The van der Waals surface area contributed by atoms with Crippen molar-refractivity contribution in [2.24, 2.45) is 4.99 Å². The molecule has 0 spiro atoms. The molecule has 0 unspecified atom stereocenters. The Morgan fingerprint density at radius 3 is 2.64 bits per heavy atom. The Kier molecular flexibility index (Phi) is 11.3. The maximum Gasteiger partial charge on any atom is 0.250 e. The molecule has 0 aliphatic rings. The summed E-state index contributed by atoms with van der Waals surface area (Å²) in [6, 6.07) is 11.5. The van der Waals surface area contributed by atoms with Gasteiger partial charge in [-0.25, -0.2) is 0 Å². The number of benzene rings is 1. The van der Waals surface area contributed by atoms with E-state index in [9.17, 15) is 4.79 Å². The maximum atomic E-state index is 11.6. The molecular weight excluding hydrogens is 467 g/mol. The van der Waals surface area contributed by atoms with Crippen LogP contribution in [0.5, 0.6) is 5.75 Å². The maximum absolute atomic E-state index is 11.6. The predicted molar refractivity (Wildman–Crippen MR) is 126 cm³/mol. The zero-order valence-electron chi connectivity index (χ0n) is 16.9. The number of aliphatic imine (C=N–C) groups is 1. The average molecular weight is 498 g/mol. The molecule has 1 aromatic heterocycles. The molecule has 28 heavy (non-hydrogen) atoms. The molecule has 6 nitrogen and oxygen atoms in total. The van der Waals surface area contributed by atoms with Crippen molar-refractivity contribution in [2.45, 2.75) is 32.7 Å². The summed E-state index contributed by atoms with van der Waals surface area (Å²) in [5.74, 6) is 1.71. The normalized spacial score (nSPS) is 10.9. The largest absolute Gasteiger partial charge is 0.496 e. The molecule has 7 heteroatoms. The van der Waals surface area contributed by atoms with E-state index in [1.807, 2.05) is 18.3 Å². The number of halogens is 1. The molecule has 0 fully saturated rings. The van der Waals surface area contributed by atoms with E-state index in [1.165, 1.54) is 11.1 Å². The number of unbranched alkanes of at least 4 members (excludes halogenated alkanes) is 1. The van der Waals surface area contributed by atoms with Crippen LogP contribution >= 0.6 is 24.0 Å². The van der Waals surface area contributed by atoms with Crippen molar-refractivity contribution in [3.8, 4) is 5.75 Å². The third kappa shape index (κ3) is 7.92. The van der Waals surface area contributed by atoms with Crippen molar-refractivity contribution in [1.82, 2.24) is 15.2 Å². The first-order valence-corrected chi connectivity index (χ1v) is 9.37. The highest BCUT2D eigenvalue weighted by atomic mass is 127. The zero-order valence-corrected chi connectivity index (χ0v) is 19.2. The third-order valence-electron chi connectivity index (χ3n) is 4.36. The number of hydrogen-bond donors (Lipinski definition) is 2. The van der Waals surface area contributed by atoms with Crippen LogP contribution in [-0.2, 0) is 13.0 Å². The van der Waals surface area contributed by atoms with Crippen LogP contribution in [0.3, 0.4) is 0 Å². The Morgan fingerprint density at radius 2 is 1.93 bits per heavy atom. The monoisotopic (exact) mass is 498 g/mol. The van der Waals surface area contributed by atoms with Crippen LogP contribution in [0, 0.1) is 6.92 Å². The lowest BCUT2D eigenvalue weighted by Gasteiger charge is -2.13. The first kappa shape index (κ1) is 24.0. The quantitative estimate of drug-likeness (QED) is 0.242. The number of aryl methyl sites for hydroxylation is 2. The second kappa shape index (κ2) is 13.2. The van der Waals surface area contributed by atoms with Crippen LogP contribution in [0.4, 0.5) is 0 Å². The van der Waals surface area contributed by atoms with Gasteiger partial charge in [0.1, 0.15) is 5.75 Å². The molecule has 2 aromatic rings. The molecule has 1 aromatic carbocycles. The molecule has 0 atom stereocenters. The Balaban J connectivity index is 0.00000392. The summed E-state index contributed by atoms with van der Waals surface area (Å²) in [7, 11) is 3.47. The molecule has 0 radical (unpaired) electrons. The van der Waals surface area contributed by atoms with Crippen LogP contribution in [0.2, 0.25) is 0 Å². The van der Waals surface area contributed by atoms with Gasteiger partial charge in [-0.15, -0.1) is 24.0 Å². The van der Waals surface area contributed by atoms with Crippen LogP contribution < -0.4 is 20.9 Å². The second-order valence-corrected chi connectivity index (χ2v) is 6.43. The van der Waals surface area contributed by atoms with Crippen molar-refractivity contribution >= 4 is 29.9 Å². The molecule has 2 N–H and O–H groups in total. The van der Waals surface area contributed by atoms with E-state index in [0.717, 1.165) is 50.6 Å². The van der Waals surface area contributed by atoms with E-state index < -0.39 is 0 Å². The first-order chi connectivity index (χ1) is 13.1. The number of guanidine groups is 1. The van der Waals surface area contributed by atoms with E-state index >= 15 is 0 Å². The Hall–Kier alpha value is -2.03. The molecule has 2 rings (SSSR count). The van der Waals surface area contributed by atoms with Gasteiger partial charge in [0.15, 0.2) is 5.96 Å². The summed E-state index contributed by atoms with van der Waals surface area (Å²) in [6.07, 6.45) is 4.60. The summed E-state index contributed by atoms with van der Waals surface area (Å²) in [4.78, 5) is 15.9. The standard InChI is InChI=1S/C21H30N4O2.HI/c1-17-9-10-19(27-3)18(16-17)11-13-24-21(22-2)23-12-5-7-15-25-14-6-4-8-20(25)26;/h4,6,8-10,14,16H,5,7,11-13,15H2,1-3H3,(H2,22,23,24);1H. The lowest BCUT2D eigenvalue weighted by Crippen LogP contribution is -2.38. The number of aromatic nitrogens is 1. The van der Waals surface area contributed by atoms with Crippen LogP contribution in [0.1, 0.15) is 24.0 Å². The number of ether oxygens (including phenoxy) is 1. The fourth-order valence-corrected chi connectivity index (χ4v) is 2.90. The summed E-state index contributed by atoms with van der Waals surface area (Å²) in [6.45, 7) is 4.41. The molecular formula is C21H31IN4O2. The molecule has 0 saturated carbocycles. The van der Waals surface area contributed by atoms with Gasteiger partial charge in [-0.05, 0) is 43.9 Å². The number of rotatable bonds is 9. The van der Waals surface area contributed by atoms with Gasteiger partial charge in [0, 0.05) is 38.9 Å². The molecule has 0 aliphatic carbocycles. The number of nitrogens with one attached hydrogen (secondary N) is 2. The predicted octanol–water partition coefficient (Wildman–Crippen LogP) is 2.97. The van der Waals surface area contributed by atoms with Crippen molar-refractivity contribution < 1.29 is 4.74 Å².